The fraction of sp³-hybridized carbons (Fsp3) is 0.467. The number of carbonyl (C=O) groups excluding carboxylic acids is 3. The van der Waals surface area contributed by atoms with Crippen molar-refractivity contribution >= 4 is 61.0 Å². The fourth-order valence-corrected chi connectivity index (χ4v) is 11.5. The van der Waals surface area contributed by atoms with E-state index in [1.54, 1.807) is 41.7 Å². The first-order valence-corrected chi connectivity index (χ1v) is 23.2. The van der Waals surface area contributed by atoms with Crippen LogP contribution in [0.2, 0.25) is 0 Å². The summed E-state index contributed by atoms with van der Waals surface area (Å²) in [6, 6.07) is 10.5. The second-order valence-corrected chi connectivity index (χ2v) is 21.3. The molecule has 1 saturated heterocycles. The van der Waals surface area contributed by atoms with E-state index in [0.29, 0.717) is 41.3 Å². The van der Waals surface area contributed by atoms with Crippen LogP contribution in [0.25, 0.3) is 33.5 Å². The number of ketones is 1. The van der Waals surface area contributed by atoms with Gasteiger partial charge in [-0.2, -0.15) is 18.2 Å². The lowest BCUT2D eigenvalue weighted by Crippen LogP contribution is -2.48. The Kier molecular flexibility index (Phi) is 10.4. The standard InChI is InChI=1S/C45H46F3N5O7S2/c1-5-25-21-44(25,42(56)52-62(57,58)28-17-18-28)22-33(54)32-19-27(23-53(32)41(55)30(43(2,3)4)20-36-49-31-10-8-12-35(31)61-36)59-40-38-37(29-9-6-7-11-34(29)60-38)50-39(51-40)24-13-15-26(16-14-24)45(46,47)48/h5-7,9,11,13-16,25,27-28,30,32H,1,8,10,12,17-23H2,2-4H3,(H,52,56)/t25-,27-,30-,32+,44-/m1/s1. The number of nitrogens with zero attached hydrogens (tertiary/aromatic N) is 4. The zero-order valence-electron chi connectivity index (χ0n) is 34.5. The number of ether oxygens (including phenoxy) is 1. The average Bonchev–Trinajstić information content (AvgIpc) is 3.98. The number of para-hydroxylation sites is 1. The third-order valence-electron chi connectivity index (χ3n) is 12.8. The summed E-state index contributed by atoms with van der Waals surface area (Å²) in [6.45, 7) is 9.71. The Balaban J connectivity index is 1.06. The van der Waals surface area contributed by atoms with Crippen LogP contribution in [0.15, 0.2) is 65.6 Å². The number of furan rings is 1. The van der Waals surface area contributed by atoms with Crippen molar-refractivity contribution in [2.45, 2.75) is 102 Å². The quantitative estimate of drug-likeness (QED) is 0.115. The van der Waals surface area contributed by atoms with E-state index in [9.17, 15) is 31.2 Å². The average molecular weight is 890 g/mol. The number of aryl methyl sites for hydroxylation is 2. The van der Waals surface area contributed by atoms with Gasteiger partial charge in [-0.3, -0.25) is 19.1 Å². The molecule has 2 aromatic carbocycles. The molecule has 12 nitrogen and oxygen atoms in total. The predicted molar refractivity (Wildman–Crippen MR) is 226 cm³/mol. The topological polar surface area (TPSA) is 162 Å². The highest BCUT2D eigenvalue weighted by atomic mass is 32.2. The lowest BCUT2D eigenvalue weighted by atomic mass is 9.77. The molecule has 5 atom stereocenters. The summed E-state index contributed by atoms with van der Waals surface area (Å²) in [4.78, 5) is 60.5. The molecule has 326 valence electrons. The van der Waals surface area contributed by atoms with E-state index in [2.05, 4.69) is 16.3 Å². The van der Waals surface area contributed by atoms with E-state index in [1.807, 2.05) is 20.8 Å². The van der Waals surface area contributed by atoms with Crippen molar-refractivity contribution in [2.24, 2.45) is 22.7 Å². The number of hydrogen-bond acceptors (Lipinski definition) is 11. The van der Waals surface area contributed by atoms with Crippen molar-refractivity contribution in [1.29, 1.82) is 0 Å². The normalized spacial score (nSPS) is 23.1. The molecule has 1 aliphatic heterocycles. The Morgan fingerprint density at radius 1 is 1.06 bits per heavy atom. The van der Waals surface area contributed by atoms with Gasteiger partial charge < -0.3 is 14.1 Å². The van der Waals surface area contributed by atoms with E-state index >= 15 is 4.79 Å². The Bertz CT molecular complexity index is 2720. The van der Waals surface area contributed by atoms with Gasteiger partial charge in [-0.15, -0.1) is 17.9 Å². The van der Waals surface area contributed by atoms with Crippen LogP contribution >= 0.6 is 11.3 Å². The maximum atomic E-state index is 15.1. The number of thiazole rings is 1. The van der Waals surface area contributed by atoms with Crippen LogP contribution in [-0.2, 0) is 49.8 Å². The van der Waals surface area contributed by atoms with Gasteiger partial charge in [-0.25, -0.2) is 18.4 Å². The van der Waals surface area contributed by atoms with Gasteiger partial charge in [0.15, 0.2) is 11.6 Å². The lowest BCUT2D eigenvalue weighted by molar-refractivity contribution is -0.144. The Labute approximate surface area is 360 Å². The van der Waals surface area contributed by atoms with Gasteiger partial charge in [0.05, 0.1) is 39.5 Å². The van der Waals surface area contributed by atoms with Crippen LogP contribution in [-0.4, -0.2) is 69.8 Å². The molecule has 1 N–H and O–H groups in total. The summed E-state index contributed by atoms with van der Waals surface area (Å²) >= 11 is 1.62. The molecule has 62 heavy (non-hydrogen) atoms. The molecule has 2 saturated carbocycles. The summed E-state index contributed by atoms with van der Waals surface area (Å²) in [5.74, 6) is -2.45. The predicted octanol–water partition coefficient (Wildman–Crippen LogP) is 8.02. The molecule has 3 fully saturated rings. The number of benzene rings is 2. The number of amides is 2. The highest BCUT2D eigenvalue weighted by molar-refractivity contribution is 7.90. The van der Waals surface area contributed by atoms with Gasteiger partial charge in [0.25, 0.3) is 5.88 Å². The molecular formula is C45H46F3N5O7S2. The van der Waals surface area contributed by atoms with Crippen LogP contribution in [0.4, 0.5) is 13.2 Å². The van der Waals surface area contributed by atoms with E-state index in [4.69, 9.17) is 19.1 Å². The minimum absolute atomic E-state index is 0.00511. The van der Waals surface area contributed by atoms with Crippen LogP contribution in [0, 0.1) is 22.7 Å². The number of nitrogens with one attached hydrogen (secondary N) is 1. The van der Waals surface area contributed by atoms with Gasteiger partial charge in [0.1, 0.15) is 17.2 Å². The summed E-state index contributed by atoms with van der Waals surface area (Å²) in [5, 5.41) is 0.823. The number of likely N-dealkylation sites (tertiary alicyclic amines) is 1. The van der Waals surface area contributed by atoms with Gasteiger partial charge in [0.2, 0.25) is 27.4 Å². The minimum Gasteiger partial charge on any atom is -0.470 e. The minimum atomic E-state index is -4.55. The molecule has 3 aromatic heterocycles. The van der Waals surface area contributed by atoms with Gasteiger partial charge >= 0.3 is 6.18 Å². The zero-order valence-corrected chi connectivity index (χ0v) is 36.1. The SMILES string of the molecule is C=C[C@@H]1C[C@]1(CC(=O)[C@@H]1C[C@@H](Oc2nc(-c3ccc(C(F)(F)F)cc3)nc3c2oc2ccccc23)CN1C(=O)[C@@H](Cc1nc2c(s1)CCC2)C(C)(C)C)C(=O)NS(=O)(=O)C1CC1. The van der Waals surface area contributed by atoms with Crippen LogP contribution in [0.5, 0.6) is 5.88 Å². The van der Waals surface area contributed by atoms with Crippen LogP contribution in [0.3, 0.4) is 0 Å². The van der Waals surface area contributed by atoms with Crippen molar-refractivity contribution in [3.8, 4) is 17.3 Å². The Hall–Kier alpha value is -5.16. The van der Waals surface area contributed by atoms with Gasteiger partial charge in [0, 0.05) is 41.0 Å². The maximum absolute atomic E-state index is 15.1. The third kappa shape index (κ3) is 7.90. The first-order chi connectivity index (χ1) is 29.3. The number of rotatable bonds is 13. The fourth-order valence-electron chi connectivity index (χ4n) is 8.95. The highest BCUT2D eigenvalue weighted by Crippen LogP contribution is 2.57. The van der Waals surface area contributed by atoms with E-state index < -0.39 is 73.5 Å². The highest BCUT2D eigenvalue weighted by Gasteiger charge is 2.61. The van der Waals surface area contributed by atoms with Gasteiger partial charge in [-0.05, 0) is 74.1 Å². The summed E-state index contributed by atoms with van der Waals surface area (Å²) in [7, 11) is -3.91. The Morgan fingerprint density at radius 3 is 2.47 bits per heavy atom. The molecule has 0 bridgehead atoms. The molecule has 17 heteroatoms. The van der Waals surface area contributed by atoms with Crippen molar-refractivity contribution in [3.63, 3.8) is 0 Å². The molecular weight excluding hydrogens is 844 g/mol. The largest absolute Gasteiger partial charge is 0.470 e. The van der Waals surface area contributed by atoms with Crippen molar-refractivity contribution in [1.82, 2.24) is 24.6 Å². The second-order valence-electron chi connectivity index (χ2n) is 18.2. The van der Waals surface area contributed by atoms with E-state index in [-0.39, 0.29) is 49.0 Å². The summed E-state index contributed by atoms with van der Waals surface area (Å²) in [5.41, 5.74) is -0.369. The zero-order chi connectivity index (χ0) is 43.9. The summed E-state index contributed by atoms with van der Waals surface area (Å²) in [6.07, 6.45) is 0.248. The number of Topliss-reactive ketones (excluding diaryl/α,β-unsaturated/α-hetero) is 1. The number of sulfonamides is 1. The van der Waals surface area contributed by atoms with Crippen molar-refractivity contribution < 1.29 is 45.1 Å². The van der Waals surface area contributed by atoms with E-state index in [1.165, 1.54) is 21.9 Å². The second kappa shape index (κ2) is 15.3. The number of hydrogen-bond donors (Lipinski definition) is 1. The van der Waals surface area contributed by atoms with Gasteiger partial charge in [-0.1, -0.05) is 51.1 Å². The number of allylic oxidation sites excluding steroid dienone is 1. The maximum Gasteiger partial charge on any atom is 0.416 e. The van der Waals surface area contributed by atoms with Crippen LogP contribution in [0.1, 0.15) is 80.4 Å². The number of carbonyl (C=O) groups is 3. The summed E-state index contributed by atoms with van der Waals surface area (Å²) < 4.78 is 81.3. The smallest absolute Gasteiger partial charge is 0.416 e. The number of fused-ring (bicyclic) bond motifs is 4. The first kappa shape index (κ1) is 42.2. The molecule has 5 aromatic rings. The molecule has 0 spiro atoms. The monoisotopic (exact) mass is 889 g/mol. The molecule has 3 aliphatic carbocycles. The first-order valence-electron chi connectivity index (χ1n) is 20.9. The van der Waals surface area contributed by atoms with E-state index in [0.717, 1.165) is 42.1 Å². The molecule has 0 radical (unpaired) electrons. The van der Waals surface area contributed by atoms with Crippen molar-refractivity contribution in [2.75, 3.05) is 6.54 Å². The van der Waals surface area contributed by atoms with Crippen LogP contribution < -0.4 is 9.46 Å². The molecule has 4 aliphatic rings. The number of halogens is 3. The molecule has 0 unspecified atom stereocenters. The molecule has 2 amide bonds. The lowest BCUT2D eigenvalue weighted by Gasteiger charge is -2.35. The van der Waals surface area contributed by atoms with Crippen molar-refractivity contribution in [3.05, 3.63) is 82.3 Å². The third-order valence-corrected chi connectivity index (χ3v) is 15.8. The number of alkyl halides is 3. The number of aromatic nitrogens is 3. The molecule has 9 rings (SSSR count). The Morgan fingerprint density at radius 2 is 1.81 bits per heavy atom. The molecule has 4 heterocycles.